The average molecular weight is 362 g/mol. The van der Waals surface area contributed by atoms with Gasteiger partial charge in [-0.3, -0.25) is 0 Å². The van der Waals surface area contributed by atoms with Gasteiger partial charge in [0.15, 0.2) is 0 Å². The molecule has 1 saturated heterocycles. The first-order chi connectivity index (χ1) is 9.31. The first-order valence-corrected chi connectivity index (χ1v) is 8.94. The number of sulfonamides is 1. The van der Waals surface area contributed by atoms with E-state index in [1.165, 1.54) is 12.1 Å². The van der Waals surface area contributed by atoms with Crippen LogP contribution in [0, 0.1) is 0 Å². The number of nitrogens with two attached hydrogens (primary N) is 1. The summed E-state index contributed by atoms with van der Waals surface area (Å²) in [7, 11) is -3.57. The summed E-state index contributed by atoms with van der Waals surface area (Å²) in [4.78, 5) is 2.91. The van der Waals surface area contributed by atoms with Crippen molar-refractivity contribution in [3.63, 3.8) is 0 Å². The standard InChI is InChI=1S/C13H20BrN3O2S/c1-9-4-3-5-10(2)17(9)16-20(18,19)11-6-7-13(15)12(14)8-11/h6-10,16H,3-5,15H2,1-2H3. The Hall–Kier alpha value is -0.630. The highest BCUT2D eigenvalue weighted by Crippen LogP contribution is 2.25. The molecule has 2 rings (SSSR count). The van der Waals surface area contributed by atoms with Crippen LogP contribution in [-0.2, 0) is 10.0 Å². The van der Waals surface area contributed by atoms with Gasteiger partial charge in [0.25, 0.3) is 10.0 Å². The Kier molecular flexibility index (Phi) is 4.73. The van der Waals surface area contributed by atoms with Crippen molar-refractivity contribution in [2.45, 2.75) is 50.1 Å². The number of anilines is 1. The van der Waals surface area contributed by atoms with Gasteiger partial charge in [-0.15, -0.1) is 4.83 Å². The molecule has 1 fully saturated rings. The van der Waals surface area contributed by atoms with Crippen LogP contribution in [0.2, 0.25) is 0 Å². The number of rotatable bonds is 3. The molecule has 1 aliphatic rings. The first-order valence-electron chi connectivity index (χ1n) is 6.67. The van der Waals surface area contributed by atoms with Crippen LogP contribution in [0.5, 0.6) is 0 Å². The van der Waals surface area contributed by atoms with E-state index in [2.05, 4.69) is 20.8 Å². The third kappa shape index (κ3) is 3.33. The van der Waals surface area contributed by atoms with E-state index in [1.54, 1.807) is 6.07 Å². The lowest BCUT2D eigenvalue weighted by Gasteiger charge is -2.38. The van der Waals surface area contributed by atoms with E-state index in [0.29, 0.717) is 10.2 Å². The highest BCUT2D eigenvalue weighted by molar-refractivity contribution is 9.10. The molecular formula is C13H20BrN3O2S. The van der Waals surface area contributed by atoms with Crippen LogP contribution < -0.4 is 10.6 Å². The predicted octanol–water partition coefficient (Wildman–Crippen LogP) is 2.49. The Morgan fingerprint density at radius 1 is 1.30 bits per heavy atom. The SMILES string of the molecule is CC1CCCC(C)N1NS(=O)(=O)c1ccc(N)c(Br)c1. The van der Waals surface area contributed by atoms with Gasteiger partial charge in [0.05, 0.1) is 4.90 Å². The van der Waals surface area contributed by atoms with Gasteiger partial charge in [0.1, 0.15) is 0 Å². The normalized spacial score (nSPS) is 24.8. The number of hydrogen-bond acceptors (Lipinski definition) is 4. The second-order valence-corrected chi connectivity index (χ2v) is 7.83. The van der Waals surface area contributed by atoms with Crippen molar-refractivity contribution in [3.8, 4) is 0 Å². The molecule has 0 radical (unpaired) electrons. The van der Waals surface area contributed by atoms with Gasteiger partial charge in [-0.25, -0.2) is 13.4 Å². The molecule has 7 heteroatoms. The molecule has 3 N–H and O–H groups in total. The van der Waals surface area contributed by atoms with E-state index in [4.69, 9.17) is 5.73 Å². The average Bonchev–Trinajstić information content (AvgIpc) is 2.37. The summed E-state index contributed by atoms with van der Waals surface area (Å²) < 4.78 is 25.5. The predicted molar refractivity (Wildman–Crippen MR) is 83.5 cm³/mol. The molecule has 1 aromatic rings. The minimum Gasteiger partial charge on any atom is -0.398 e. The quantitative estimate of drug-likeness (QED) is 0.810. The number of benzene rings is 1. The molecule has 0 saturated carbocycles. The van der Waals surface area contributed by atoms with E-state index < -0.39 is 10.0 Å². The number of halogens is 1. The lowest BCUT2D eigenvalue weighted by atomic mass is 10.0. The van der Waals surface area contributed by atoms with Gasteiger partial charge in [0, 0.05) is 22.2 Å². The Balaban J connectivity index is 2.24. The number of nitrogen functional groups attached to an aromatic ring is 1. The van der Waals surface area contributed by atoms with Crippen LogP contribution in [0.3, 0.4) is 0 Å². The van der Waals surface area contributed by atoms with Crippen LogP contribution in [-0.4, -0.2) is 25.5 Å². The number of hydrogen-bond donors (Lipinski definition) is 2. The maximum absolute atomic E-state index is 12.4. The van der Waals surface area contributed by atoms with Crippen molar-refractivity contribution in [3.05, 3.63) is 22.7 Å². The lowest BCUT2D eigenvalue weighted by Crippen LogP contribution is -2.53. The van der Waals surface area contributed by atoms with Crippen LogP contribution in [0.25, 0.3) is 0 Å². The van der Waals surface area contributed by atoms with Gasteiger partial charge in [-0.05, 0) is 60.8 Å². The highest BCUT2D eigenvalue weighted by Gasteiger charge is 2.29. The zero-order valence-corrected chi connectivity index (χ0v) is 14.0. The van der Waals surface area contributed by atoms with Crippen LogP contribution in [0.4, 0.5) is 5.69 Å². The van der Waals surface area contributed by atoms with Crippen LogP contribution >= 0.6 is 15.9 Å². The van der Waals surface area contributed by atoms with Crippen molar-refractivity contribution in [1.29, 1.82) is 0 Å². The minimum atomic E-state index is -3.57. The number of hydrazine groups is 1. The number of nitrogens with one attached hydrogen (secondary N) is 1. The van der Waals surface area contributed by atoms with E-state index in [9.17, 15) is 8.42 Å². The van der Waals surface area contributed by atoms with Crippen molar-refractivity contribution in [1.82, 2.24) is 9.84 Å². The third-order valence-corrected chi connectivity index (χ3v) is 5.71. The van der Waals surface area contributed by atoms with Crippen molar-refractivity contribution in [2.75, 3.05) is 5.73 Å². The summed E-state index contributed by atoms with van der Waals surface area (Å²) in [5.41, 5.74) is 6.21. The minimum absolute atomic E-state index is 0.200. The van der Waals surface area contributed by atoms with Crippen LogP contribution in [0.1, 0.15) is 33.1 Å². The van der Waals surface area contributed by atoms with E-state index in [-0.39, 0.29) is 17.0 Å². The lowest BCUT2D eigenvalue weighted by molar-refractivity contribution is 0.0790. The monoisotopic (exact) mass is 361 g/mol. The van der Waals surface area contributed by atoms with E-state index >= 15 is 0 Å². The molecule has 0 amide bonds. The molecule has 1 aliphatic heterocycles. The molecule has 0 spiro atoms. The van der Waals surface area contributed by atoms with Gasteiger partial charge in [-0.1, -0.05) is 6.42 Å². The molecule has 5 nitrogen and oxygen atoms in total. The Morgan fingerprint density at radius 3 is 2.45 bits per heavy atom. The topological polar surface area (TPSA) is 75.4 Å². The molecule has 20 heavy (non-hydrogen) atoms. The number of nitrogens with zero attached hydrogens (tertiary/aromatic N) is 1. The molecule has 1 aromatic carbocycles. The molecule has 0 aromatic heterocycles. The zero-order valence-electron chi connectivity index (χ0n) is 11.6. The highest BCUT2D eigenvalue weighted by atomic mass is 79.9. The third-order valence-electron chi connectivity index (χ3n) is 3.70. The van der Waals surface area contributed by atoms with Gasteiger partial charge in [-0.2, -0.15) is 0 Å². The summed E-state index contributed by atoms with van der Waals surface area (Å²) in [5, 5.41) is 1.84. The van der Waals surface area contributed by atoms with Crippen molar-refractivity contribution >= 4 is 31.6 Å². The summed E-state index contributed by atoms with van der Waals surface area (Å²) in [6, 6.07) is 5.02. The van der Waals surface area contributed by atoms with Gasteiger partial charge in [0.2, 0.25) is 0 Å². The Labute approximate surface area is 128 Å². The smallest absolute Gasteiger partial charge is 0.253 e. The summed E-state index contributed by atoms with van der Waals surface area (Å²) >= 11 is 3.26. The maximum Gasteiger partial charge on any atom is 0.253 e. The van der Waals surface area contributed by atoms with Crippen molar-refractivity contribution < 1.29 is 8.42 Å². The second kappa shape index (κ2) is 6.01. The fourth-order valence-electron chi connectivity index (χ4n) is 2.47. The van der Waals surface area contributed by atoms with Crippen molar-refractivity contribution in [2.24, 2.45) is 0 Å². The van der Waals surface area contributed by atoms with Gasteiger partial charge < -0.3 is 5.73 Å². The molecule has 0 aliphatic carbocycles. The fourth-order valence-corrected chi connectivity index (χ4v) is 4.26. The molecule has 0 bridgehead atoms. The van der Waals surface area contributed by atoms with Gasteiger partial charge >= 0.3 is 0 Å². The first kappa shape index (κ1) is 15.8. The zero-order chi connectivity index (χ0) is 14.9. The number of piperidine rings is 1. The fraction of sp³-hybridized carbons (Fsp3) is 0.538. The molecule has 2 unspecified atom stereocenters. The largest absolute Gasteiger partial charge is 0.398 e. The Bertz CT molecular complexity index is 581. The van der Waals surface area contributed by atoms with E-state index in [0.717, 1.165) is 19.3 Å². The van der Waals surface area contributed by atoms with Crippen LogP contribution in [0.15, 0.2) is 27.6 Å². The molecule has 1 heterocycles. The summed E-state index contributed by atoms with van der Waals surface area (Å²) in [5.74, 6) is 0. The maximum atomic E-state index is 12.4. The second-order valence-electron chi connectivity index (χ2n) is 5.31. The Morgan fingerprint density at radius 2 is 1.90 bits per heavy atom. The summed E-state index contributed by atoms with van der Waals surface area (Å²) in [6.45, 7) is 4.08. The molecule has 112 valence electrons. The molecule has 2 atom stereocenters. The summed E-state index contributed by atoms with van der Waals surface area (Å²) in [6.07, 6.45) is 3.13. The van der Waals surface area contributed by atoms with E-state index in [1.807, 2.05) is 18.9 Å². The molecular weight excluding hydrogens is 342 g/mol.